The van der Waals surface area contributed by atoms with Gasteiger partial charge in [-0.1, -0.05) is 20.3 Å². The maximum atomic E-state index is 11.8. The Labute approximate surface area is 147 Å². The van der Waals surface area contributed by atoms with Crippen LogP contribution < -0.4 is 16.4 Å². The van der Waals surface area contributed by atoms with Gasteiger partial charge in [-0.3, -0.25) is 14.9 Å². The largest absolute Gasteiger partial charge is 0.378 e. The van der Waals surface area contributed by atoms with Crippen LogP contribution in [0.1, 0.15) is 20.3 Å². The van der Waals surface area contributed by atoms with E-state index in [4.69, 9.17) is 5.73 Å². The van der Waals surface area contributed by atoms with Crippen LogP contribution in [-0.2, 0) is 14.6 Å². The van der Waals surface area contributed by atoms with Crippen molar-refractivity contribution < 1.29 is 18.1 Å². The molecule has 140 valence electrons. The summed E-state index contributed by atoms with van der Waals surface area (Å²) < 4.78 is 23.0. The number of anilines is 1. The van der Waals surface area contributed by atoms with Crippen molar-refractivity contribution in [3.8, 4) is 0 Å². The molecule has 0 saturated carbocycles. The number of hydrogen-bond acceptors (Lipinski definition) is 7. The second-order valence-electron chi connectivity index (χ2n) is 5.84. The van der Waals surface area contributed by atoms with E-state index in [0.29, 0.717) is 0 Å². The number of hydrogen-bond donors (Lipinski definition) is 3. The van der Waals surface area contributed by atoms with Crippen molar-refractivity contribution in [1.82, 2.24) is 5.32 Å². The highest BCUT2D eigenvalue weighted by Gasteiger charge is 2.20. The number of rotatable bonds is 9. The summed E-state index contributed by atoms with van der Waals surface area (Å²) in [5, 5.41) is 16.6. The smallest absolute Gasteiger partial charge is 0.293 e. The predicted octanol–water partition coefficient (Wildman–Crippen LogP) is 0.900. The van der Waals surface area contributed by atoms with Crippen LogP contribution in [0.25, 0.3) is 0 Å². The molecule has 9 nitrogen and oxygen atoms in total. The normalized spacial score (nSPS) is 13.8. The van der Waals surface area contributed by atoms with E-state index in [1.165, 1.54) is 12.1 Å². The fourth-order valence-corrected chi connectivity index (χ4v) is 2.70. The molecule has 0 aliphatic carbocycles. The molecule has 0 radical (unpaired) electrons. The highest BCUT2D eigenvalue weighted by molar-refractivity contribution is 7.90. The monoisotopic (exact) mass is 372 g/mol. The quantitative estimate of drug-likeness (QED) is 0.332. The van der Waals surface area contributed by atoms with Gasteiger partial charge in [-0.25, -0.2) is 8.42 Å². The lowest BCUT2D eigenvalue weighted by Gasteiger charge is -2.17. The number of sulfone groups is 1. The van der Waals surface area contributed by atoms with E-state index in [2.05, 4.69) is 10.6 Å². The SMILES string of the molecule is CCC(C)C(N)C(=O)NCCNc1ccc(S(C)(=O)=O)cc1[N+](=O)[O-]. The first-order valence-electron chi connectivity index (χ1n) is 7.83. The molecule has 0 heterocycles. The molecule has 0 aliphatic rings. The Morgan fingerprint density at radius 1 is 1.36 bits per heavy atom. The highest BCUT2D eigenvalue weighted by atomic mass is 32.2. The average molecular weight is 372 g/mol. The van der Waals surface area contributed by atoms with Crippen LogP contribution in [0, 0.1) is 16.0 Å². The van der Waals surface area contributed by atoms with Crippen molar-refractivity contribution in [2.24, 2.45) is 11.7 Å². The molecule has 25 heavy (non-hydrogen) atoms. The molecule has 0 fully saturated rings. The molecular formula is C15H24N4O5S. The number of nitro groups is 1. The summed E-state index contributed by atoms with van der Waals surface area (Å²) >= 11 is 0. The van der Waals surface area contributed by atoms with Gasteiger partial charge in [-0.15, -0.1) is 0 Å². The van der Waals surface area contributed by atoms with Gasteiger partial charge in [0.2, 0.25) is 5.91 Å². The van der Waals surface area contributed by atoms with Crippen LogP contribution in [0.15, 0.2) is 23.1 Å². The molecule has 1 rings (SSSR count). The summed E-state index contributed by atoms with van der Waals surface area (Å²) in [7, 11) is -3.54. The molecule has 4 N–H and O–H groups in total. The summed E-state index contributed by atoms with van der Waals surface area (Å²) in [4.78, 5) is 22.2. The summed E-state index contributed by atoms with van der Waals surface area (Å²) in [6, 6.07) is 3.03. The minimum absolute atomic E-state index is 0.0533. The Morgan fingerprint density at radius 3 is 2.52 bits per heavy atom. The number of nitrogens with two attached hydrogens (primary N) is 1. The van der Waals surface area contributed by atoms with Crippen LogP contribution in [0.4, 0.5) is 11.4 Å². The van der Waals surface area contributed by atoms with Crippen molar-refractivity contribution in [2.45, 2.75) is 31.2 Å². The second kappa shape index (κ2) is 8.77. The lowest BCUT2D eigenvalue weighted by atomic mass is 9.99. The molecule has 0 aliphatic heterocycles. The van der Waals surface area contributed by atoms with E-state index in [9.17, 15) is 23.3 Å². The van der Waals surface area contributed by atoms with Crippen molar-refractivity contribution in [2.75, 3.05) is 24.7 Å². The molecule has 1 amide bonds. The van der Waals surface area contributed by atoms with Crippen molar-refractivity contribution >= 4 is 27.1 Å². The zero-order valence-corrected chi connectivity index (χ0v) is 15.3. The van der Waals surface area contributed by atoms with Gasteiger partial charge in [-0.2, -0.15) is 0 Å². The maximum Gasteiger partial charge on any atom is 0.293 e. The van der Waals surface area contributed by atoms with E-state index in [-0.39, 0.29) is 41.2 Å². The van der Waals surface area contributed by atoms with Gasteiger partial charge in [-0.05, 0) is 18.1 Å². The molecule has 2 atom stereocenters. The number of nitro benzene ring substituents is 1. The third-order valence-corrected chi connectivity index (χ3v) is 5.00. The number of nitrogens with one attached hydrogen (secondary N) is 2. The van der Waals surface area contributed by atoms with Gasteiger partial charge >= 0.3 is 0 Å². The van der Waals surface area contributed by atoms with Crippen LogP contribution in [0.5, 0.6) is 0 Å². The van der Waals surface area contributed by atoms with Gasteiger partial charge in [0.1, 0.15) is 5.69 Å². The first kappa shape index (κ1) is 20.8. The predicted molar refractivity (Wildman–Crippen MR) is 95.1 cm³/mol. The van der Waals surface area contributed by atoms with E-state index in [1.54, 1.807) is 0 Å². The minimum Gasteiger partial charge on any atom is -0.378 e. The number of benzene rings is 1. The van der Waals surface area contributed by atoms with Crippen molar-refractivity contribution in [3.63, 3.8) is 0 Å². The van der Waals surface area contributed by atoms with Crippen molar-refractivity contribution in [1.29, 1.82) is 0 Å². The zero-order valence-electron chi connectivity index (χ0n) is 14.5. The van der Waals surface area contributed by atoms with E-state index in [0.717, 1.165) is 18.7 Å². The Kier molecular flexibility index (Phi) is 7.31. The van der Waals surface area contributed by atoms with E-state index >= 15 is 0 Å². The Balaban J connectivity index is 2.69. The maximum absolute atomic E-state index is 11.8. The lowest BCUT2D eigenvalue weighted by Crippen LogP contribution is -2.45. The van der Waals surface area contributed by atoms with Crippen molar-refractivity contribution in [3.05, 3.63) is 28.3 Å². The van der Waals surface area contributed by atoms with Crippen LogP contribution in [0.2, 0.25) is 0 Å². The summed E-state index contributed by atoms with van der Waals surface area (Å²) in [6.07, 6.45) is 1.76. The summed E-state index contributed by atoms with van der Waals surface area (Å²) in [6.45, 7) is 4.29. The van der Waals surface area contributed by atoms with Gasteiger partial charge in [0.25, 0.3) is 5.69 Å². The Bertz CT molecular complexity index is 735. The molecule has 0 aromatic heterocycles. The van der Waals surface area contributed by atoms with Gasteiger partial charge in [0, 0.05) is 25.4 Å². The second-order valence-corrected chi connectivity index (χ2v) is 7.85. The highest BCUT2D eigenvalue weighted by Crippen LogP contribution is 2.27. The van der Waals surface area contributed by atoms with Crippen LogP contribution >= 0.6 is 0 Å². The molecule has 0 bridgehead atoms. The number of carbonyl (C=O) groups excluding carboxylic acids is 1. The molecule has 1 aromatic carbocycles. The zero-order chi connectivity index (χ0) is 19.2. The lowest BCUT2D eigenvalue weighted by molar-refractivity contribution is -0.384. The molecule has 0 saturated heterocycles. The van der Waals surface area contributed by atoms with Crippen LogP contribution in [-0.4, -0.2) is 44.6 Å². The summed E-state index contributed by atoms with van der Waals surface area (Å²) in [5.41, 5.74) is 5.64. The number of nitrogens with zero attached hydrogens (tertiary/aromatic N) is 1. The first-order valence-corrected chi connectivity index (χ1v) is 9.72. The van der Waals surface area contributed by atoms with Gasteiger partial charge in [0.05, 0.1) is 15.9 Å². The average Bonchev–Trinajstić information content (AvgIpc) is 2.55. The molecular weight excluding hydrogens is 348 g/mol. The van der Waals surface area contributed by atoms with Crippen LogP contribution in [0.3, 0.4) is 0 Å². The van der Waals surface area contributed by atoms with Gasteiger partial charge in [0.15, 0.2) is 9.84 Å². The fraction of sp³-hybridized carbons (Fsp3) is 0.533. The Hall–Kier alpha value is -2.20. The minimum atomic E-state index is -3.54. The van der Waals surface area contributed by atoms with E-state index in [1.807, 2.05) is 13.8 Å². The third kappa shape index (κ3) is 5.98. The van der Waals surface area contributed by atoms with E-state index < -0.39 is 20.8 Å². The van der Waals surface area contributed by atoms with Gasteiger partial charge < -0.3 is 16.4 Å². The molecule has 10 heteroatoms. The molecule has 2 unspecified atom stereocenters. The molecule has 1 aromatic rings. The topological polar surface area (TPSA) is 144 Å². The number of amides is 1. The standard InChI is InChI=1S/C15H24N4O5S/c1-4-10(2)14(16)15(20)18-8-7-17-12-6-5-11(25(3,23)24)9-13(12)19(21)22/h5-6,9-10,14,17H,4,7-8,16H2,1-3H3,(H,18,20). The summed E-state index contributed by atoms with van der Waals surface area (Å²) in [5.74, 6) is -0.226. The third-order valence-electron chi connectivity index (χ3n) is 3.89. The molecule has 0 spiro atoms. The first-order chi connectivity index (χ1) is 11.6. The fourth-order valence-electron chi connectivity index (χ4n) is 2.06. The number of carbonyl (C=O) groups is 1. The Morgan fingerprint density at radius 2 is 2.00 bits per heavy atom.